The highest BCUT2D eigenvalue weighted by atomic mass is 32.2. The summed E-state index contributed by atoms with van der Waals surface area (Å²) in [4.78, 5) is 9.76. The number of nitrogens with zero attached hydrogens (tertiary/aromatic N) is 2. The van der Waals surface area contributed by atoms with Gasteiger partial charge in [0.1, 0.15) is 5.84 Å². The molecule has 3 N–H and O–H groups in total. The van der Waals surface area contributed by atoms with E-state index in [0.717, 1.165) is 25.8 Å². The van der Waals surface area contributed by atoms with Crippen LogP contribution in [-0.4, -0.2) is 15.8 Å². The highest BCUT2D eigenvalue weighted by Crippen LogP contribution is 2.36. The molecule has 0 unspecified atom stereocenters. The second-order valence-corrected chi connectivity index (χ2v) is 6.40. The monoisotopic (exact) mass is 300 g/mol. The Morgan fingerprint density at radius 1 is 1.35 bits per heavy atom. The normalized spacial score (nSPS) is 10.8. The van der Waals surface area contributed by atoms with Crippen LogP contribution in [0.3, 0.4) is 0 Å². The van der Waals surface area contributed by atoms with Gasteiger partial charge >= 0.3 is 0 Å². The average Bonchev–Trinajstić information content (AvgIpc) is 2.84. The number of thiazole rings is 1. The summed E-state index contributed by atoms with van der Waals surface area (Å²) in [6, 6.07) is 7.86. The van der Waals surface area contributed by atoms with Crippen LogP contribution in [0.25, 0.3) is 10.9 Å². The molecule has 0 spiro atoms. The molecule has 0 atom stereocenters. The number of hydrogen-bond donors (Lipinski definition) is 2. The maximum Gasteiger partial charge on any atom is 0.154 e. The Morgan fingerprint density at radius 3 is 2.85 bits per heavy atom. The molecular weight excluding hydrogens is 288 g/mol. The lowest BCUT2D eigenvalue weighted by atomic mass is 10.1. The third-order valence-corrected chi connectivity index (χ3v) is 5.00. The summed E-state index contributed by atoms with van der Waals surface area (Å²) < 4.78 is 0.946. The van der Waals surface area contributed by atoms with Crippen molar-refractivity contribution >= 4 is 39.8 Å². The first-order chi connectivity index (χ1) is 9.65. The largest absolute Gasteiger partial charge is 0.384 e. The van der Waals surface area contributed by atoms with Gasteiger partial charge in [0.05, 0.1) is 5.52 Å². The van der Waals surface area contributed by atoms with Gasteiger partial charge in [-0.2, -0.15) is 0 Å². The zero-order valence-electron chi connectivity index (χ0n) is 10.8. The minimum absolute atomic E-state index is 0.0269. The lowest BCUT2D eigenvalue weighted by molar-refractivity contribution is 1.16. The van der Waals surface area contributed by atoms with Crippen LogP contribution < -0.4 is 5.73 Å². The maximum absolute atomic E-state index is 7.73. The Balaban J connectivity index is 2.19. The molecule has 0 aliphatic rings. The predicted molar refractivity (Wildman–Crippen MR) is 83.7 cm³/mol. The molecule has 3 rings (SSSR count). The molecule has 2 heterocycles. The lowest BCUT2D eigenvalue weighted by Gasteiger charge is -2.09. The van der Waals surface area contributed by atoms with Crippen molar-refractivity contribution in [3.05, 3.63) is 47.1 Å². The van der Waals surface area contributed by atoms with E-state index in [1.165, 1.54) is 11.8 Å². The molecule has 0 aliphatic heterocycles. The third-order valence-electron chi connectivity index (χ3n) is 2.80. The zero-order valence-corrected chi connectivity index (χ0v) is 12.4. The standard InChI is InChI=1S/C14H12N4S2/c1-8-7-19-14(18-8)20-12-9-4-2-3-5-11(9)17-6-10(12)13(15)16/h2-7H,1H3,(H3,15,16). The Hall–Kier alpha value is -1.92. The van der Waals surface area contributed by atoms with Crippen molar-refractivity contribution in [2.75, 3.05) is 0 Å². The van der Waals surface area contributed by atoms with Gasteiger partial charge < -0.3 is 5.73 Å². The summed E-state index contributed by atoms with van der Waals surface area (Å²) in [6.07, 6.45) is 1.66. The smallest absolute Gasteiger partial charge is 0.154 e. The summed E-state index contributed by atoms with van der Waals surface area (Å²) in [5, 5.41) is 10.7. The Kier molecular flexibility index (Phi) is 3.42. The highest BCUT2D eigenvalue weighted by Gasteiger charge is 2.14. The van der Waals surface area contributed by atoms with Gasteiger partial charge in [-0.1, -0.05) is 30.0 Å². The number of aromatic nitrogens is 2. The van der Waals surface area contributed by atoms with Gasteiger partial charge in [-0.05, 0) is 13.0 Å². The average molecular weight is 300 g/mol. The number of benzene rings is 1. The fourth-order valence-corrected chi connectivity index (χ4v) is 3.91. The van der Waals surface area contributed by atoms with Crippen LogP contribution in [0.15, 0.2) is 45.1 Å². The van der Waals surface area contributed by atoms with E-state index in [1.807, 2.05) is 36.6 Å². The summed E-state index contributed by atoms with van der Waals surface area (Å²) in [7, 11) is 0. The maximum atomic E-state index is 7.73. The van der Waals surface area contributed by atoms with Gasteiger partial charge in [0.25, 0.3) is 0 Å². The van der Waals surface area contributed by atoms with Gasteiger partial charge in [-0.15, -0.1) is 11.3 Å². The summed E-state index contributed by atoms with van der Waals surface area (Å²) in [5.74, 6) is 0.0269. The molecule has 0 saturated carbocycles. The number of nitrogens with one attached hydrogen (secondary N) is 1. The van der Waals surface area contributed by atoms with Crippen molar-refractivity contribution in [2.45, 2.75) is 16.2 Å². The van der Waals surface area contributed by atoms with Gasteiger partial charge in [0, 0.05) is 33.1 Å². The van der Waals surface area contributed by atoms with Crippen molar-refractivity contribution in [2.24, 2.45) is 5.73 Å². The third kappa shape index (κ3) is 2.39. The molecule has 0 fully saturated rings. The molecule has 1 aromatic carbocycles. The van der Waals surface area contributed by atoms with E-state index in [9.17, 15) is 0 Å². The topological polar surface area (TPSA) is 75.7 Å². The van der Waals surface area contributed by atoms with E-state index >= 15 is 0 Å². The van der Waals surface area contributed by atoms with Gasteiger partial charge in [-0.25, -0.2) is 4.98 Å². The van der Waals surface area contributed by atoms with Crippen LogP contribution in [0.1, 0.15) is 11.3 Å². The fraction of sp³-hybridized carbons (Fsp3) is 0.0714. The number of hydrogen-bond acceptors (Lipinski definition) is 5. The first-order valence-corrected chi connectivity index (χ1v) is 7.67. The van der Waals surface area contributed by atoms with Crippen LogP contribution in [0.2, 0.25) is 0 Å². The molecule has 3 aromatic rings. The van der Waals surface area contributed by atoms with Crippen molar-refractivity contribution in [1.29, 1.82) is 5.41 Å². The minimum atomic E-state index is 0.0269. The van der Waals surface area contributed by atoms with Crippen LogP contribution >= 0.6 is 23.1 Å². The molecule has 2 aromatic heterocycles. The van der Waals surface area contributed by atoms with E-state index in [-0.39, 0.29) is 5.84 Å². The van der Waals surface area contributed by atoms with Crippen LogP contribution in [0, 0.1) is 12.3 Å². The Morgan fingerprint density at radius 2 is 2.15 bits per heavy atom. The summed E-state index contributed by atoms with van der Waals surface area (Å²) in [5.41, 5.74) is 8.23. The summed E-state index contributed by atoms with van der Waals surface area (Å²) >= 11 is 3.13. The SMILES string of the molecule is Cc1csc(Sc2c(C(=N)N)cnc3ccccc23)n1. The lowest BCUT2D eigenvalue weighted by Crippen LogP contribution is -2.13. The predicted octanol–water partition coefficient (Wildman–Crippen LogP) is 3.43. The molecule has 100 valence electrons. The summed E-state index contributed by atoms with van der Waals surface area (Å²) in [6.45, 7) is 1.97. The number of para-hydroxylation sites is 1. The van der Waals surface area contributed by atoms with Crippen molar-refractivity contribution < 1.29 is 0 Å². The van der Waals surface area contributed by atoms with E-state index in [2.05, 4.69) is 9.97 Å². The van der Waals surface area contributed by atoms with E-state index in [4.69, 9.17) is 11.1 Å². The minimum Gasteiger partial charge on any atom is -0.384 e. The molecule has 0 saturated heterocycles. The number of pyridine rings is 1. The van der Waals surface area contributed by atoms with Crippen molar-refractivity contribution in [3.63, 3.8) is 0 Å². The zero-order chi connectivity index (χ0) is 14.1. The van der Waals surface area contributed by atoms with Gasteiger partial charge in [0.15, 0.2) is 4.34 Å². The number of amidine groups is 1. The first kappa shape index (κ1) is 13.1. The van der Waals surface area contributed by atoms with Crippen LogP contribution in [0.4, 0.5) is 0 Å². The van der Waals surface area contributed by atoms with Crippen LogP contribution in [0.5, 0.6) is 0 Å². The number of nitrogens with two attached hydrogens (primary N) is 1. The molecule has 0 bridgehead atoms. The molecule has 0 amide bonds. The molecule has 4 nitrogen and oxygen atoms in total. The molecule has 0 radical (unpaired) electrons. The number of rotatable bonds is 3. The fourth-order valence-electron chi connectivity index (χ4n) is 1.88. The molecule has 6 heteroatoms. The van der Waals surface area contributed by atoms with Gasteiger partial charge in [0.2, 0.25) is 0 Å². The first-order valence-electron chi connectivity index (χ1n) is 5.97. The number of nitrogen functional groups attached to an aromatic ring is 1. The Bertz CT molecular complexity index is 795. The van der Waals surface area contributed by atoms with Crippen molar-refractivity contribution in [3.8, 4) is 0 Å². The second-order valence-electron chi connectivity index (χ2n) is 4.29. The van der Waals surface area contributed by atoms with Gasteiger partial charge in [-0.3, -0.25) is 10.4 Å². The second kappa shape index (κ2) is 5.22. The number of fused-ring (bicyclic) bond motifs is 1. The van der Waals surface area contributed by atoms with E-state index in [1.54, 1.807) is 17.5 Å². The molecular formula is C14H12N4S2. The van der Waals surface area contributed by atoms with Crippen molar-refractivity contribution in [1.82, 2.24) is 9.97 Å². The van der Waals surface area contributed by atoms with E-state index in [0.29, 0.717) is 5.56 Å². The highest BCUT2D eigenvalue weighted by molar-refractivity contribution is 8.01. The molecule has 20 heavy (non-hydrogen) atoms. The quantitative estimate of drug-likeness (QED) is 0.574. The molecule has 0 aliphatic carbocycles. The number of aryl methyl sites for hydroxylation is 1. The van der Waals surface area contributed by atoms with E-state index < -0.39 is 0 Å². The Labute approximate surface area is 124 Å². The van der Waals surface area contributed by atoms with Crippen LogP contribution in [-0.2, 0) is 0 Å².